The zero-order valence-electron chi connectivity index (χ0n) is 15.3. The fourth-order valence-electron chi connectivity index (χ4n) is 2.84. The second-order valence-electron chi connectivity index (χ2n) is 6.28. The molecule has 3 heterocycles. The number of halogens is 2. The first-order valence-electron chi connectivity index (χ1n) is 8.39. The molecule has 4 aromatic rings. The second-order valence-corrected chi connectivity index (χ2v) is 7.84. The summed E-state index contributed by atoms with van der Waals surface area (Å²) in [5, 5.41) is 9.52. The lowest BCUT2D eigenvalue weighted by Gasteiger charge is -2.02. The molecule has 0 radical (unpaired) electrons. The molecule has 0 saturated heterocycles. The smallest absolute Gasteiger partial charge is 0.267 e. The average Bonchev–Trinajstić information content (AvgIpc) is 3.12. The largest absolute Gasteiger partial charge is 0.282 e. The Bertz CT molecular complexity index is 1290. The maximum Gasteiger partial charge on any atom is 0.282 e. The van der Waals surface area contributed by atoms with Crippen LogP contribution in [0, 0.1) is 26.6 Å². The third kappa shape index (κ3) is 3.04. The Labute approximate surface area is 168 Å². The Morgan fingerprint density at radius 1 is 1.21 bits per heavy atom. The van der Waals surface area contributed by atoms with Crippen LogP contribution in [0.5, 0.6) is 0 Å². The van der Waals surface area contributed by atoms with Gasteiger partial charge in [0.25, 0.3) is 5.56 Å². The van der Waals surface area contributed by atoms with Crippen molar-refractivity contribution in [2.24, 2.45) is 5.10 Å². The van der Waals surface area contributed by atoms with Crippen LogP contribution in [0.2, 0.25) is 5.15 Å². The quantitative estimate of drug-likeness (QED) is 0.470. The molecule has 9 heteroatoms. The average molecular weight is 416 g/mol. The third-order valence-corrected chi connectivity index (χ3v) is 5.98. The molecule has 3 aromatic heterocycles. The van der Waals surface area contributed by atoms with Crippen LogP contribution >= 0.6 is 22.9 Å². The van der Waals surface area contributed by atoms with Gasteiger partial charge in [-0.3, -0.25) is 4.79 Å². The molecule has 0 aliphatic carbocycles. The van der Waals surface area contributed by atoms with Gasteiger partial charge in [0.1, 0.15) is 22.1 Å². The lowest BCUT2D eigenvalue weighted by atomic mass is 10.2. The molecule has 0 spiro atoms. The summed E-state index contributed by atoms with van der Waals surface area (Å²) in [4.78, 5) is 18.8. The van der Waals surface area contributed by atoms with E-state index < -0.39 is 0 Å². The van der Waals surface area contributed by atoms with Gasteiger partial charge in [-0.25, -0.2) is 14.1 Å². The predicted molar refractivity (Wildman–Crippen MR) is 110 cm³/mol. The Hall–Kier alpha value is -2.84. The molecule has 0 unspecified atom stereocenters. The number of hydrogen-bond donors (Lipinski definition) is 0. The molecule has 28 heavy (non-hydrogen) atoms. The molecule has 0 saturated carbocycles. The molecule has 4 rings (SSSR count). The molecule has 0 fully saturated rings. The van der Waals surface area contributed by atoms with E-state index in [1.165, 1.54) is 45.4 Å². The van der Waals surface area contributed by atoms with Gasteiger partial charge in [-0.2, -0.15) is 14.9 Å². The predicted octanol–water partition coefficient (Wildman–Crippen LogP) is 4.24. The van der Waals surface area contributed by atoms with E-state index in [0.717, 1.165) is 10.4 Å². The SMILES string of the molecule is Cc1nn(-c2ccc(F)cc2)c(Cl)c1C=Nn1cnc2sc(C)c(C)c2c1=O. The van der Waals surface area contributed by atoms with Crippen LogP contribution in [0.3, 0.4) is 0 Å². The number of rotatable bonds is 3. The maximum absolute atomic E-state index is 13.2. The van der Waals surface area contributed by atoms with Crippen molar-refractivity contribution in [3.63, 3.8) is 0 Å². The lowest BCUT2D eigenvalue weighted by Crippen LogP contribution is -2.17. The highest BCUT2D eigenvalue weighted by atomic mass is 35.5. The van der Waals surface area contributed by atoms with Crippen molar-refractivity contribution in [3.8, 4) is 5.69 Å². The second kappa shape index (κ2) is 6.96. The molecule has 6 nitrogen and oxygen atoms in total. The summed E-state index contributed by atoms with van der Waals surface area (Å²) in [5.74, 6) is -0.341. The topological polar surface area (TPSA) is 65.1 Å². The van der Waals surface area contributed by atoms with Crippen LogP contribution in [0.15, 0.2) is 40.5 Å². The van der Waals surface area contributed by atoms with Crippen molar-refractivity contribution in [1.82, 2.24) is 19.4 Å². The van der Waals surface area contributed by atoms with E-state index in [9.17, 15) is 9.18 Å². The Morgan fingerprint density at radius 2 is 1.93 bits per heavy atom. The summed E-state index contributed by atoms with van der Waals surface area (Å²) in [5.41, 5.74) is 2.50. The molecular formula is C19H15ClFN5OS. The number of fused-ring (bicyclic) bond motifs is 1. The van der Waals surface area contributed by atoms with Crippen LogP contribution in [0.25, 0.3) is 15.9 Å². The van der Waals surface area contributed by atoms with Gasteiger partial charge >= 0.3 is 0 Å². The lowest BCUT2D eigenvalue weighted by molar-refractivity contribution is 0.627. The summed E-state index contributed by atoms with van der Waals surface area (Å²) in [6.45, 7) is 5.64. The number of benzene rings is 1. The molecule has 0 bridgehead atoms. The zero-order valence-corrected chi connectivity index (χ0v) is 16.8. The van der Waals surface area contributed by atoms with Gasteiger partial charge in [0, 0.05) is 4.88 Å². The van der Waals surface area contributed by atoms with Crippen LogP contribution < -0.4 is 5.56 Å². The minimum Gasteiger partial charge on any atom is -0.267 e. The minimum atomic E-state index is -0.341. The van der Waals surface area contributed by atoms with Gasteiger partial charge in [0.15, 0.2) is 0 Å². The van der Waals surface area contributed by atoms with Crippen molar-refractivity contribution in [2.75, 3.05) is 0 Å². The van der Waals surface area contributed by atoms with E-state index in [1.54, 1.807) is 19.1 Å². The van der Waals surface area contributed by atoms with E-state index in [-0.39, 0.29) is 11.4 Å². The van der Waals surface area contributed by atoms with Gasteiger partial charge in [0.2, 0.25) is 0 Å². The molecule has 0 amide bonds. The normalized spacial score (nSPS) is 11.8. The highest BCUT2D eigenvalue weighted by Crippen LogP contribution is 2.25. The van der Waals surface area contributed by atoms with Gasteiger partial charge < -0.3 is 0 Å². The first kappa shape index (κ1) is 18.5. The Morgan fingerprint density at radius 3 is 2.64 bits per heavy atom. The molecular weight excluding hydrogens is 401 g/mol. The maximum atomic E-state index is 13.2. The van der Waals surface area contributed by atoms with Crippen molar-refractivity contribution >= 4 is 39.4 Å². The van der Waals surface area contributed by atoms with E-state index in [1.807, 2.05) is 13.8 Å². The highest BCUT2D eigenvalue weighted by molar-refractivity contribution is 7.18. The number of thiophene rings is 1. The zero-order chi connectivity index (χ0) is 20.0. The number of aromatic nitrogens is 4. The summed E-state index contributed by atoms with van der Waals surface area (Å²) in [6.07, 6.45) is 2.87. The van der Waals surface area contributed by atoms with Crippen LogP contribution in [0.4, 0.5) is 4.39 Å². The van der Waals surface area contributed by atoms with Gasteiger partial charge in [-0.15, -0.1) is 11.3 Å². The molecule has 0 N–H and O–H groups in total. The number of nitrogens with zero attached hydrogens (tertiary/aromatic N) is 5. The number of aryl methyl sites for hydroxylation is 3. The minimum absolute atomic E-state index is 0.234. The molecule has 142 valence electrons. The van der Waals surface area contributed by atoms with E-state index in [2.05, 4.69) is 15.2 Å². The van der Waals surface area contributed by atoms with Gasteiger partial charge in [0.05, 0.1) is 28.5 Å². The van der Waals surface area contributed by atoms with Gasteiger partial charge in [-0.05, 0) is 50.6 Å². The molecule has 0 aliphatic heterocycles. The first-order valence-corrected chi connectivity index (χ1v) is 9.59. The van der Waals surface area contributed by atoms with E-state index >= 15 is 0 Å². The van der Waals surface area contributed by atoms with Crippen molar-refractivity contribution in [1.29, 1.82) is 0 Å². The van der Waals surface area contributed by atoms with Gasteiger partial charge in [-0.1, -0.05) is 11.6 Å². The highest BCUT2D eigenvalue weighted by Gasteiger charge is 2.15. The van der Waals surface area contributed by atoms with Crippen LogP contribution in [0.1, 0.15) is 21.7 Å². The van der Waals surface area contributed by atoms with Crippen molar-refractivity contribution < 1.29 is 4.39 Å². The summed E-state index contributed by atoms with van der Waals surface area (Å²) in [6, 6.07) is 5.83. The van der Waals surface area contributed by atoms with Crippen LogP contribution in [-0.4, -0.2) is 25.7 Å². The summed E-state index contributed by atoms with van der Waals surface area (Å²) < 4.78 is 15.8. The summed E-state index contributed by atoms with van der Waals surface area (Å²) in [7, 11) is 0. The fraction of sp³-hybridized carbons (Fsp3) is 0.158. The summed E-state index contributed by atoms with van der Waals surface area (Å²) >= 11 is 7.93. The molecule has 0 aliphatic rings. The number of hydrogen-bond acceptors (Lipinski definition) is 5. The molecule has 1 aromatic carbocycles. The first-order chi connectivity index (χ1) is 13.4. The fourth-order valence-corrected chi connectivity index (χ4v) is 4.15. The molecule has 0 atom stereocenters. The van der Waals surface area contributed by atoms with E-state index in [0.29, 0.717) is 32.3 Å². The Kier molecular flexibility index (Phi) is 4.60. The van der Waals surface area contributed by atoms with Crippen molar-refractivity contribution in [2.45, 2.75) is 20.8 Å². The standard InChI is InChI=1S/C19H15ClFN5OS/c1-10-12(3)28-18-16(10)19(27)25(9-22-18)23-8-15-11(2)24-26(17(15)20)14-6-4-13(21)5-7-14/h4-9H,1-3H3. The Balaban J connectivity index is 1.76. The van der Waals surface area contributed by atoms with Crippen LogP contribution in [-0.2, 0) is 0 Å². The third-order valence-electron chi connectivity index (χ3n) is 4.50. The monoisotopic (exact) mass is 415 g/mol. The van der Waals surface area contributed by atoms with Crippen molar-refractivity contribution in [3.05, 3.63) is 73.6 Å². The van der Waals surface area contributed by atoms with E-state index in [4.69, 9.17) is 11.6 Å².